The number of unbranched alkanes of at least 4 members (excludes halogenated alkanes) is 2. The Morgan fingerprint density at radius 1 is 1.25 bits per heavy atom. The first-order valence-corrected chi connectivity index (χ1v) is 6.10. The number of nitrogens with one attached hydrogen (secondary N) is 1. The Morgan fingerprint density at radius 3 is 2.38 bits per heavy atom. The molecular weight excluding hydrogens is 198 g/mol. The van der Waals surface area contributed by atoms with Crippen LogP contribution < -0.4 is 5.32 Å². The zero-order valence-corrected chi connectivity index (χ0v) is 11.3. The Labute approximate surface area is 100 Å². The standard InChI is InChI=1S/C14H25NO/c1-12(2)13(16)15-11-9-7-6-8-10-14(3,4)5/h12H,6-7,9,11H2,1-5H3,(H,15,16). The first kappa shape index (κ1) is 15.0. The molecule has 0 spiro atoms. The van der Waals surface area contributed by atoms with Crippen LogP contribution >= 0.6 is 0 Å². The van der Waals surface area contributed by atoms with Gasteiger partial charge in [0.15, 0.2) is 0 Å². The van der Waals surface area contributed by atoms with E-state index < -0.39 is 0 Å². The summed E-state index contributed by atoms with van der Waals surface area (Å²) in [6.45, 7) is 10.9. The molecule has 2 heteroatoms. The van der Waals surface area contributed by atoms with Crippen LogP contribution in [0.15, 0.2) is 0 Å². The Hall–Kier alpha value is -0.970. The molecule has 0 heterocycles. The molecule has 0 aliphatic carbocycles. The molecular formula is C14H25NO. The van der Waals surface area contributed by atoms with Crippen molar-refractivity contribution in [2.24, 2.45) is 11.3 Å². The summed E-state index contributed by atoms with van der Waals surface area (Å²) in [7, 11) is 0. The molecule has 0 unspecified atom stereocenters. The van der Waals surface area contributed by atoms with E-state index in [0.29, 0.717) is 0 Å². The van der Waals surface area contributed by atoms with Gasteiger partial charge < -0.3 is 5.32 Å². The molecule has 16 heavy (non-hydrogen) atoms. The number of carbonyl (C=O) groups is 1. The number of carbonyl (C=O) groups excluding carboxylic acids is 1. The summed E-state index contributed by atoms with van der Waals surface area (Å²) < 4.78 is 0. The van der Waals surface area contributed by atoms with Gasteiger partial charge in [-0.05, 0) is 33.6 Å². The van der Waals surface area contributed by atoms with Crippen molar-refractivity contribution >= 4 is 5.91 Å². The lowest BCUT2D eigenvalue weighted by Gasteiger charge is -2.07. The zero-order valence-electron chi connectivity index (χ0n) is 11.3. The van der Waals surface area contributed by atoms with Crippen molar-refractivity contribution in [2.75, 3.05) is 6.54 Å². The molecule has 0 atom stereocenters. The average Bonchev–Trinajstić information content (AvgIpc) is 2.14. The smallest absolute Gasteiger partial charge is 0.222 e. The van der Waals surface area contributed by atoms with Crippen LogP contribution in [0, 0.1) is 23.2 Å². The van der Waals surface area contributed by atoms with Crippen LogP contribution in [0.2, 0.25) is 0 Å². The number of amides is 1. The molecule has 0 rings (SSSR count). The van der Waals surface area contributed by atoms with E-state index in [1.165, 1.54) is 0 Å². The SMILES string of the molecule is CC(C)C(=O)NCCCCC#CC(C)(C)C. The van der Waals surface area contributed by atoms with E-state index in [4.69, 9.17) is 0 Å². The quantitative estimate of drug-likeness (QED) is 0.563. The fourth-order valence-electron chi connectivity index (χ4n) is 1.08. The van der Waals surface area contributed by atoms with Crippen LogP contribution in [0.4, 0.5) is 0 Å². The second kappa shape index (κ2) is 7.33. The third-order valence-electron chi connectivity index (χ3n) is 2.02. The number of hydrogen-bond donors (Lipinski definition) is 1. The van der Waals surface area contributed by atoms with Gasteiger partial charge in [0.25, 0.3) is 0 Å². The molecule has 0 fully saturated rings. The van der Waals surface area contributed by atoms with Crippen LogP contribution in [0.3, 0.4) is 0 Å². The molecule has 0 aliphatic heterocycles. The Balaban J connectivity index is 3.48. The van der Waals surface area contributed by atoms with Crippen molar-refractivity contribution in [1.82, 2.24) is 5.32 Å². The average molecular weight is 223 g/mol. The van der Waals surface area contributed by atoms with Crippen LogP contribution in [0.25, 0.3) is 0 Å². The van der Waals surface area contributed by atoms with Gasteiger partial charge in [-0.1, -0.05) is 19.8 Å². The highest BCUT2D eigenvalue weighted by Crippen LogP contribution is 2.10. The van der Waals surface area contributed by atoms with E-state index in [-0.39, 0.29) is 17.2 Å². The van der Waals surface area contributed by atoms with Crippen molar-refractivity contribution < 1.29 is 4.79 Å². The first-order chi connectivity index (χ1) is 7.33. The van der Waals surface area contributed by atoms with Gasteiger partial charge in [-0.25, -0.2) is 0 Å². The molecule has 0 radical (unpaired) electrons. The van der Waals surface area contributed by atoms with Gasteiger partial charge in [0.05, 0.1) is 0 Å². The van der Waals surface area contributed by atoms with Crippen LogP contribution in [0.5, 0.6) is 0 Å². The lowest BCUT2D eigenvalue weighted by atomic mass is 9.98. The fraction of sp³-hybridized carbons (Fsp3) is 0.786. The van der Waals surface area contributed by atoms with Gasteiger partial charge in [0.2, 0.25) is 5.91 Å². The van der Waals surface area contributed by atoms with Crippen molar-refractivity contribution in [2.45, 2.75) is 53.9 Å². The summed E-state index contributed by atoms with van der Waals surface area (Å²) in [6.07, 6.45) is 2.99. The van der Waals surface area contributed by atoms with Gasteiger partial charge in [0.1, 0.15) is 0 Å². The fourth-order valence-corrected chi connectivity index (χ4v) is 1.08. The molecule has 0 aromatic heterocycles. The van der Waals surface area contributed by atoms with Crippen molar-refractivity contribution in [3.8, 4) is 11.8 Å². The summed E-state index contributed by atoms with van der Waals surface area (Å²) in [5.41, 5.74) is 0.103. The molecule has 0 saturated carbocycles. The highest BCUT2D eigenvalue weighted by molar-refractivity contribution is 5.77. The summed E-state index contributed by atoms with van der Waals surface area (Å²) in [6, 6.07) is 0. The molecule has 0 bridgehead atoms. The van der Waals surface area contributed by atoms with E-state index in [1.54, 1.807) is 0 Å². The van der Waals surface area contributed by atoms with Crippen LogP contribution in [-0.4, -0.2) is 12.5 Å². The summed E-state index contributed by atoms with van der Waals surface area (Å²) >= 11 is 0. The minimum absolute atomic E-state index is 0.0840. The monoisotopic (exact) mass is 223 g/mol. The van der Waals surface area contributed by atoms with Crippen molar-refractivity contribution in [1.29, 1.82) is 0 Å². The molecule has 2 nitrogen and oxygen atoms in total. The first-order valence-electron chi connectivity index (χ1n) is 6.10. The summed E-state index contributed by atoms with van der Waals surface area (Å²) in [5.74, 6) is 6.60. The minimum atomic E-state index is 0.0840. The maximum Gasteiger partial charge on any atom is 0.222 e. The summed E-state index contributed by atoms with van der Waals surface area (Å²) in [4.78, 5) is 11.2. The Bertz CT molecular complexity index is 263. The summed E-state index contributed by atoms with van der Waals surface area (Å²) in [5, 5.41) is 2.90. The lowest BCUT2D eigenvalue weighted by molar-refractivity contribution is -0.123. The van der Waals surface area contributed by atoms with E-state index in [1.807, 2.05) is 13.8 Å². The van der Waals surface area contributed by atoms with Gasteiger partial charge in [-0.3, -0.25) is 4.79 Å². The second-order valence-electron chi connectivity index (χ2n) is 5.45. The van der Waals surface area contributed by atoms with E-state index in [9.17, 15) is 4.79 Å². The molecule has 0 aliphatic rings. The topological polar surface area (TPSA) is 29.1 Å². The zero-order chi connectivity index (χ0) is 12.6. The third-order valence-corrected chi connectivity index (χ3v) is 2.02. The maximum atomic E-state index is 11.2. The number of hydrogen-bond acceptors (Lipinski definition) is 1. The molecule has 0 aromatic rings. The Kier molecular flexibility index (Phi) is 6.88. The lowest BCUT2D eigenvalue weighted by Crippen LogP contribution is -2.28. The molecule has 0 aromatic carbocycles. The van der Waals surface area contributed by atoms with E-state index in [2.05, 4.69) is 37.9 Å². The maximum absolute atomic E-state index is 11.2. The van der Waals surface area contributed by atoms with Gasteiger partial charge in [-0.15, -0.1) is 5.92 Å². The predicted octanol–water partition coefficient (Wildman–Crippen LogP) is 2.98. The molecule has 1 amide bonds. The second-order valence-corrected chi connectivity index (χ2v) is 5.45. The van der Waals surface area contributed by atoms with Gasteiger partial charge >= 0.3 is 0 Å². The van der Waals surface area contributed by atoms with Gasteiger partial charge in [0, 0.05) is 24.3 Å². The molecule has 1 N–H and O–H groups in total. The van der Waals surface area contributed by atoms with E-state index >= 15 is 0 Å². The van der Waals surface area contributed by atoms with Gasteiger partial charge in [-0.2, -0.15) is 0 Å². The van der Waals surface area contributed by atoms with Crippen LogP contribution in [-0.2, 0) is 4.79 Å². The highest BCUT2D eigenvalue weighted by Gasteiger charge is 2.04. The third kappa shape index (κ3) is 9.58. The largest absolute Gasteiger partial charge is 0.356 e. The van der Waals surface area contributed by atoms with Crippen LogP contribution in [0.1, 0.15) is 53.9 Å². The van der Waals surface area contributed by atoms with E-state index in [0.717, 1.165) is 25.8 Å². The van der Waals surface area contributed by atoms with Crippen molar-refractivity contribution in [3.63, 3.8) is 0 Å². The highest BCUT2D eigenvalue weighted by atomic mass is 16.1. The van der Waals surface area contributed by atoms with Crippen molar-refractivity contribution in [3.05, 3.63) is 0 Å². The minimum Gasteiger partial charge on any atom is -0.356 e. The Morgan fingerprint density at radius 2 is 1.88 bits per heavy atom. The molecule has 0 saturated heterocycles. The predicted molar refractivity (Wildman–Crippen MR) is 68.9 cm³/mol. The number of rotatable bonds is 5. The normalized spacial score (nSPS) is 10.9. The molecule has 92 valence electrons.